The largest absolute Gasteiger partial charge is 0.456 e. The second-order valence-corrected chi connectivity index (χ2v) is 10.9. The Morgan fingerprint density at radius 3 is 1.73 bits per heavy atom. The molecule has 2 heterocycles. The van der Waals surface area contributed by atoms with E-state index in [2.05, 4.69) is 17.0 Å². The molecule has 0 atom stereocenters. The van der Waals surface area contributed by atoms with Crippen LogP contribution in [0.5, 0.6) is 0 Å². The summed E-state index contributed by atoms with van der Waals surface area (Å²) < 4.78 is 12.4. The van der Waals surface area contributed by atoms with Gasteiger partial charge in [0, 0.05) is 29.9 Å². The molecule has 0 amide bonds. The lowest BCUT2D eigenvalue weighted by atomic mass is 9.88. The molecule has 2 aliphatic carbocycles. The van der Waals surface area contributed by atoms with Crippen molar-refractivity contribution in [2.75, 3.05) is 4.90 Å². The topological polar surface area (TPSA) is 63.7 Å². The van der Waals surface area contributed by atoms with Crippen molar-refractivity contribution in [2.24, 2.45) is 0 Å². The number of nitrogens with zero attached hydrogens (tertiary/aromatic N) is 1. The maximum atomic E-state index is 13.6. The Bertz CT molecular complexity index is 1730. The van der Waals surface area contributed by atoms with E-state index in [0.717, 1.165) is 5.69 Å². The number of rotatable bonds is 3. The summed E-state index contributed by atoms with van der Waals surface area (Å²) in [4.78, 5) is 29.4. The average Bonchev–Trinajstić information content (AvgIpc) is 2.94. The molecule has 0 aliphatic heterocycles. The van der Waals surface area contributed by atoms with Crippen LogP contribution in [0.4, 0.5) is 5.69 Å². The number of benzene rings is 3. The van der Waals surface area contributed by atoms with Gasteiger partial charge >= 0.3 is 0 Å². The molecule has 5 heteroatoms. The predicted molar refractivity (Wildman–Crippen MR) is 150 cm³/mol. The van der Waals surface area contributed by atoms with Gasteiger partial charge in [-0.1, -0.05) is 50.7 Å². The minimum absolute atomic E-state index is 0.112. The lowest BCUT2D eigenvalue weighted by Crippen LogP contribution is -2.45. The van der Waals surface area contributed by atoms with Gasteiger partial charge in [-0.2, -0.15) is 0 Å². The molecule has 5 aromatic rings. The highest BCUT2D eigenvalue weighted by atomic mass is 16.3. The maximum Gasteiger partial charge on any atom is 0.200 e. The molecule has 3 aromatic carbocycles. The Morgan fingerprint density at radius 2 is 1.08 bits per heavy atom. The molecule has 5 nitrogen and oxygen atoms in total. The van der Waals surface area contributed by atoms with Crippen LogP contribution in [0.1, 0.15) is 64.2 Å². The van der Waals surface area contributed by atoms with Crippen LogP contribution in [0.25, 0.3) is 43.9 Å². The van der Waals surface area contributed by atoms with Gasteiger partial charge in [0.15, 0.2) is 0 Å². The first-order valence-electron chi connectivity index (χ1n) is 13.8. The Balaban J connectivity index is 1.40. The monoisotopic (exact) mass is 493 g/mol. The van der Waals surface area contributed by atoms with E-state index in [4.69, 9.17) is 8.83 Å². The Morgan fingerprint density at radius 1 is 0.541 bits per heavy atom. The zero-order chi connectivity index (χ0) is 24.9. The van der Waals surface area contributed by atoms with Crippen molar-refractivity contribution < 1.29 is 8.83 Å². The van der Waals surface area contributed by atoms with Gasteiger partial charge in [0.1, 0.15) is 22.3 Å². The van der Waals surface area contributed by atoms with Crippen LogP contribution in [0.15, 0.2) is 73.0 Å². The minimum atomic E-state index is -0.135. The van der Waals surface area contributed by atoms with Gasteiger partial charge in [-0.05, 0) is 56.0 Å². The van der Waals surface area contributed by atoms with E-state index in [-0.39, 0.29) is 10.9 Å². The summed E-state index contributed by atoms with van der Waals surface area (Å²) in [5.74, 6) is 0. The third kappa shape index (κ3) is 3.83. The van der Waals surface area contributed by atoms with Crippen molar-refractivity contribution in [1.82, 2.24) is 0 Å². The van der Waals surface area contributed by atoms with E-state index in [9.17, 15) is 9.59 Å². The SMILES string of the molecule is O=c1c2ccccc2oc2cc3oc4cc(N(C5CCCCC5)C5CCCCC5)ccc4c(=O)c3cc12. The average molecular weight is 494 g/mol. The van der Waals surface area contributed by atoms with Gasteiger partial charge in [0.25, 0.3) is 0 Å². The van der Waals surface area contributed by atoms with Crippen molar-refractivity contribution in [1.29, 1.82) is 0 Å². The molecule has 2 aliphatic rings. The van der Waals surface area contributed by atoms with Crippen LogP contribution in [0.3, 0.4) is 0 Å². The first-order valence-corrected chi connectivity index (χ1v) is 13.8. The van der Waals surface area contributed by atoms with Gasteiger partial charge in [-0.3, -0.25) is 9.59 Å². The highest BCUT2D eigenvalue weighted by Crippen LogP contribution is 2.36. The first-order chi connectivity index (χ1) is 18.2. The summed E-state index contributed by atoms with van der Waals surface area (Å²) in [5, 5.41) is 1.87. The van der Waals surface area contributed by atoms with Crippen LogP contribution in [-0.2, 0) is 0 Å². The summed E-state index contributed by atoms with van der Waals surface area (Å²) in [6.07, 6.45) is 12.7. The molecular formula is C32H31NO4. The predicted octanol–water partition coefficient (Wildman–Crippen LogP) is 7.68. The van der Waals surface area contributed by atoms with Crippen LogP contribution >= 0.6 is 0 Å². The van der Waals surface area contributed by atoms with E-state index in [1.165, 1.54) is 64.2 Å². The van der Waals surface area contributed by atoms with Crippen LogP contribution in [-0.4, -0.2) is 12.1 Å². The molecule has 2 fully saturated rings. The number of fused-ring (bicyclic) bond motifs is 4. The Kier molecular flexibility index (Phi) is 5.53. The van der Waals surface area contributed by atoms with E-state index in [1.54, 1.807) is 24.3 Å². The van der Waals surface area contributed by atoms with Gasteiger partial charge in [-0.25, -0.2) is 0 Å². The number of para-hydroxylation sites is 1. The maximum absolute atomic E-state index is 13.6. The highest BCUT2D eigenvalue weighted by molar-refractivity contribution is 6.00. The van der Waals surface area contributed by atoms with Crippen molar-refractivity contribution in [3.05, 3.63) is 75.0 Å². The molecule has 7 rings (SSSR count). The molecule has 0 spiro atoms. The fourth-order valence-corrected chi connectivity index (χ4v) is 6.74. The van der Waals surface area contributed by atoms with Gasteiger partial charge in [0.2, 0.25) is 10.9 Å². The molecule has 2 aromatic heterocycles. The van der Waals surface area contributed by atoms with Crippen LogP contribution in [0, 0.1) is 0 Å². The number of anilines is 1. The molecular weight excluding hydrogens is 462 g/mol. The summed E-state index contributed by atoms with van der Waals surface area (Å²) in [5.41, 5.74) is 2.91. The number of hydrogen-bond acceptors (Lipinski definition) is 5. The number of hydrogen-bond donors (Lipinski definition) is 0. The fraction of sp³-hybridized carbons (Fsp3) is 0.375. The van der Waals surface area contributed by atoms with E-state index in [0.29, 0.717) is 56.0 Å². The van der Waals surface area contributed by atoms with Crippen molar-refractivity contribution >= 4 is 49.6 Å². The lowest BCUT2D eigenvalue weighted by molar-refractivity contribution is 0.340. The summed E-state index contributed by atoms with van der Waals surface area (Å²) >= 11 is 0. The molecule has 0 saturated heterocycles. The second kappa shape index (κ2) is 9.05. The Hall–Kier alpha value is -3.60. The smallest absolute Gasteiger partial charge is 0.200 e. The molecule has 37 heavy (non-hydrogen) atoms. The molecule has 188 valence electrons. The van der Waals surface area contributed by atoms with Crippen LogP contribution < -0.4 is 15.8 Å². The molecule has 0 N–H and O–H groups in total. The van der Waals surface area contributed by atoms with E-state index < -0.39 is 0 Å². The molecule has 0 radical (unpaired) electrons. The third-order valence-electron chi connectivity index (χ3n) is 8.59. The highest BCUT2D eigenvalue weighted by Gasteiger charge is 2.29. The fourth-order valence-electron chi connectivity index (χ4n) is 6.74. The minimum Gasteiger partial charge on any atom is -0.456 e. The quantitative estimate of drug-likeness (QED) is 0.241. The normalized spacial score (nSPS) is 17.7. The lowest BCUT2D eigenvalue weighted by Gasteiger charge is -2.43. The summed E-state index contributed by atoms with van der Waals surface area (Å²) in [6.45, 7) is 0. The van der Waals surface area contributed by atoms with E-state index in [1.807, 2.05) is 18.2 Å². The van der Waals surface area contributed by atoms with Crippen molar-refractivity contribution in [2.45, 2.75) is 76.3 Å². The van der Waals surface area contributed by atoms with Gasteiger partial charge in [0.05, 0.1) is 21.5 Å². The first kappa shape index (κ1) is 22.6. The summed E-state index contributed by atoms with van der Waals surface area (Å²) in [7, 11) is 0. The summed E-state index contributed by atoms with van der Waals surface area (Å²) in [6, 6.07) is 17.7. The van der Waals surface area contributed by atoms with Crippen LogP contribution in [0.2, 0.25) is 0 Å². The van der Waals surface area contributed by atoms with Gasteiger partial charge in [-0.15, -0.1) is 0 Å². The molecule has 0 bridgehead atoms. The van der Waals surface area contributed by atoms with Gasteiger partial charge < -0.3 is 13.7 Å². The zero-order valence-electron chi connectivity index (χ0n) is 21.0. The zero-order valence-corrected chi connectivity index (χ0v) is 21.0. The third-order valence-corrected chi connectivity index (χ3v) is 8.59. The second-order valence-electron chi connectivity index (χ2n) is 10.9. The van der Waals surface area contributed by atoms with Crippen molar-refractivity contribution in [3.8, 4) is 0 Å². The standard InChI is InChI=1S/C32H31NO4/c34-31-23-13-7-8-14-27(23)36-29-19-30-26(18-25(29)31)32(35)24-16-15-22(17-28(24)37-30)33(20-9-3-1-4-10-20)21-11-5-2-6-12-21/h7-8,13-21H,1-6,9-12H2. The van der Waals surface area contributed by atoms with E-state index >= 15 is 0 Å². The Labute approximate surface area is 214 Å². The van der Waals surface area contributed by atoms with Crippen molar-refractivity contribution in [3.63, 3.8) is 0 Å². The molecule has 0 unspecified atom stereocenters. The molecule has 2 saturated carbocycles.